The van der Waals surface area contributed by atoms with Crippen LogP contribution in [0.3, 0.4) is 0 Å². The molecule has 0 spiro atoms. The van der Waals surface area contributed by atoms with Crippen LogP contribution in [0.4, 0.5) is 5.69 Å². The highest BCUT2D eigenvalue weighted by atomic mass is 79.9. The van der Waals surface area contributed by atoms with Gasteiger partial charge < -0.3 is 9.47 Å². The molecule has 0 saturated heterocycles. The number of nitrogens with one attached hydrogen (secondary N) is 1. The minimum Gasteiger partial charge on any atom is -0.496 e. The van der Waals surface area contributed by atoms with Crippen molar-refractivity contribution in [2.75, 3.05) is 7.11 Å². The molecule has 160 valence electrons. The maximum Gasteiger partial charge on any atom is 0.275 e. The van der Waals surface area contributed by atoms with Gasteiger partial charge in [0.25, 0.3) is 11.6 Å². The Morgan fingerprint density at radius 2 is 1.88 bits per heavy atom. The van der Waals surface area contributed by atoms with E-state index in [2.05, 4.69) is 26.5 Å². The molecule has 0 aliphatic carbocycles. The average Bonchev–Trinajstić information content (AvgIpc) is 2.80. The van der Waals surface area contributed by atoms with Crippen LogP contribution in [0.25, 0.3) is 0 Å². The third-order valence-electron chi connectivity index (χ3n) is 4.19. The second-order valence-electron chi connectivity index (χ2n) is 6.26. The molecule has 0 atom stereocenters. The summed E-state index contributed by atoms with van der Waals surface area (Å²) in [5.41, 5.74) is 3.32. The standard InChI is InChI=1S/C22H15BrN4O5/c1-31-21-8-4-16(23)11-19(21)22(28)26-25-13-14-2-6-18(7-3-14)32-20-9-5-17(27(29)30)10-15(20)12-24/h2-11,13H,1H3,(H,26,28)/b25-13-. The zero-order valence-corrected chi connectivity index (χ0v) is 18.2. The fourth-order valence-corrected chi connectivity index (χ4v) is 3.00. The monoisotopic (exact) mass is 494 g/mol. The molecule has 0 radical (unpaired) electrons. The lowest BCUT2D eigenvalue weighted by molar-refractivity contribution is -0.384. The van der Waals surface area contributed by atoms with Crippen molar-refractivity contribution in [3.63, 3.8) is 0 Å². The third-order valence-corrected chi connectivity index (χ3v) is 4.68. The van der Waals surface area contributed by atoms with Crippen LogP contribution in [0.1, 0.15) is 21.5 Å². The molecule has 9 nitrogen and oxygen atoms in total. The molecule has 0 unspecified atom stereocenters. The van der Waals surface area contributed by atoms with Crippen molar-refractivity contribution in [1.82, 2.24) is 5.43 Å². The van der Waals surface area contributed by atoms with Gasteiger partial charge in [0.2, 0.25) is 0 Å². The largest absolute Gasteiger partial charge is 0.496 e. The van der Waals surface area contributed by atoms with Crippen LogP contribution in [0.2, 0.25) is 0 Å². The predicted octanol–water partition coefficient (Wildman–Crippen LogP) is 4.79. The summed E-state index contributed by atoms with van der Waals surface area (Å²) in [7, 11) is 1.48. The number of benzene rings is 3. The number of nitriles is 1. The number of ether oxygens (including phenoxy) is 2. The van der Waals surface area contributed by atoms with Crippen LogP contribution in [0.15, 0.2) is 70.2 Å². The van der Waals surface area contributed by atoms with Gasteiger partial charge in [-0.05, 0) is 54.1 Å². The van der Waals surface area contributed by atoms with Crippen LogP contribution in [-0.2, 0) is 0 Å². The van der Waals surface area contributed by atoms with Gasteiger partial charge >= 0.3 is 0 Å². The maximum absolute atomic E-state index is 12.3. The summed E-state index contributed by atoms with van der Waals surface area (Å²) in [5.74, 6) is 0.622. The minimum absolute atomic E-state index is 0.0514. The number of carbonyl (C=O) groups is 1. The van der Waals surface area contributed by atoms with Crippen LogP contribution in [0, 0.1) is 21.4 Å². The molecule has 1 amide bonds. The van der Waals surface area contributed by atoms with Crippen molar-refractivity contribution in [2.24, 2.45) is 5.10 Å². The van der Waals surface area contributed by atoms with Gasteiger partial charge in [0.05, 0.1) is 23.8 Å². The molecule has 0 bridgehead atoms. The Bertz CT molecular complexity index is 1240. The van der Waals surface area contributed by atoms with E-state index >= 15 is 0 Å². The molecule has 0 fully saturated rings. The minimum atomic E-state index is -0.579. The smallest absolute Gasteiger partial charge is 0.275 e. The van der Waals surface area contributed by atoms with Gasteiger partial charge in [-0.1, -0.05) is 15.9 Å². The lowest BCUT2D eigenvalue weighted by atomic mass is 10.2. The quantitative estimate of drug-likeness (QED) is 0.285. The molecular formula is C22H15BrN4O5. The predicted molar refractivity (Wildman–Crippen MR) is 120 cm³/mol. The van der Waals surface area contributed by atoms with Crippen molar-refractivity contribution in [2.45, 2.75) is 0 Å². The van der Waals surface area contributed by atoms with E-state index in [1.807, 2.05) is 6.07 Å². The molecule has 0 aliphatic rings. The number of hydrogen-bond donors (Lipinski definition) is 1. The van der Waals surface area contributed by atoms with Crippen LogP contribution < -0.4 is 14.9 Å². The lowest BCUT2D eigenvalue weighted by Gasteiger charge is -2.08. The first-order chi connectivity index (χ1) is 15.4. The molecule has 32 heavy (non-hydrogen) atoms. The summed E-state index contributed by atoms with van der Waals surface area (Å²) in [6.07, 6.45) is 1.46. The average molecular weight is 495 g/mol. The first-order valence-electron chi connectivity index (χ1n) is 9.04. The Balaban J connectivity index is 1.66. The number of nitro benzene ring substituents is 1. The normalized spacial score (nSPS) is 10.4. The number of halogens is 1. The second-order valence-corrected chi connectivity index (χ2v) is 7.18. The second kappa shape index (κ2) is 10.2. The molecule has 3 aromatic rings. The van der Waals surface area contributed by atoms with Gasteiger partial charge in [-0.3, -0.25) is 14.9 Å². The van der Waals surface area contributed by atoms with Crippen molar-refractivity contribution in [1.29, 1.82) is 5.26 Å². The number of amides is 1. The summed E-state index contributed by atoms with van der Waals surface area (Å²) in [5, 5.41) is 24.0. The van der Waals surface area contributed by atoms with E-state index in [1.54, 1.807) is 42.5 Å². The fourth-order valence-electron chi connectivity index (χ4n) is 2.64. The summed E-state index contributed by atoms with van der Waals surface area (Å²) >= 11 is 3.31. The fraction of sp³-hybridized carbons (Fsp3) is 0.0455. The maximum atomic E-state index is 12.3. The molecule has 0 heterocycles. The van der Waals surface area contributed by atoms with Crippen molar-refractivity contribution < 1.29 is 19.2 Å². The summed E-state index contributed by atoms with van der Waals surface area (Å²) in [4.78, 5) is 22.6. The van der Waals surface area contributed by atoms with Gasteiger partial charge in [0.1, 0.15) is 28.9 Å². The Morgan fingerprint density at radius 1 is 1.16 bits per heavy atom. The van der Waals surface area contributed by atoms with Crippen LogP contribution >= 0.6 is 15.9 Å². The van der Waals surface area contributed by atoms with E-state index in [9.17, 15) is 20.2 Å². The highest BCUT2D eigenvalue weighted by Crippen LogP contribution is 2.28. The van der Waals surface area contributed by atoms with Gasteiger partial charge in [0, 0.05) is 16.6 Å². The zero-order chi connectivity index (χ0) is 23.1. The Kier molecular flexibility index (Phi) is 7.15. The molecule has 3 rings (SSSR count). The molecule has 1 N–H and O–H groups in total. The number of rotatable bonds is 7. The molecule has 10 heteroatoms. The molecule has 0 saturated carbocycles. The third kappa shape index (κ3) is 5.47. The molecule has 0 aliphatic heterocycles. The van der Waals surface area contributed by atoms with E-state index in [0.29, 0.717) is 22.6 Å². The van der Waals surface area contributed by atoms with Crippen LogP contribution in [-0.4, -0.2) is 24.2 Å². The highest BCUT2D eigenvalue weighted by molar-refractivity contribution is 9.10. The topological polar surface area (TPSA) is 127 Å². The number of hydrazone groups is 1. The summed E-state index contributed by atoms with van der Waals surface area (Å²) in [6, 6.07) is 17.4. The van der Waals surface area contributed by atoms with Gasteiger partial charge in [-0.2, -0.15) is 10.4 Å². The lowest BCUT2D eigenvalue weighted by Crippen LogP contribution is -2.18. The van der Waals surface area contributed by atoms with Gasteiger partial charge in [0.15, 0.2) is 0 Å². The number of nitrogens with zero attached hydrogens (tertiary/aromatic N) is 3. The van der Waals surface area contributed by atoms with Crippen molar-refractivity contribution >= 4 is 33.7 Å². The Morgan fingerprint density at radius 3 is 2.53 bits per heavy atom. The SMILES string of the molecule is COc1ccc(Br)cc1C(=O)N/N=C\c1ccc(Oc2ccc([N+](=O)[O-])cc2C#N)cc1. The molecule has 3 aromatic carbocycles. The first kappa shape index (κ1) is 22.5. The van der Waals surface area contributed by atoms with E-state index in [4.69, 9.17) is 9.47 Å². The van der Waals surface area contributed by atoms with E-state index < -0.39 is 10.8 Å². The van der Waals surface area contributed by atoms with E-state index in [-0.39, 0.29) is 17.0 Å². The number of nitro groups is 1. The Hall–Kier alpha value is -4.23. The number of methoxy groups -OCH3 is 1. The zero-order valence-electron chi connectivity index (χ0n) is 16.6. The van der Waals surface area contributed by atoms with Crippen LogP contribution in [0.5, 0.6) is 17.2 Å². The number of hydrogen-bond acceptors (Lipinski definition) is 7. The van der Waals surface area contributed by atoms with Gasteiger partial charge in [-0.15, -0.1) is 0 Å². The van der Waals surface area contributed by atoms with Gasteiger partial charge in [-0.25, -0.2) is 5.43 Å². The van der Waals surface area contributed by atoms with Crippen molar-refractivity contribution in [3.05, 3.63) is 91.9 Å². The first-order valence-corrected chi connectivity index (χ1v) is 9.84. The van der Waals surface area contributed by atoms with E-state index in [0.717, 1.165) is 10.5 Å². The van der Waals surface area contributed by atoms with Crippen molar-refractivity contribution in [3.8, 4) is 23.3 Å². The molecule has 0 aromatic heterocycles. The summed E-state index contributed by atoms with van der Waals surface area (Å²) in [6.45, 7) is 0. The molecular weight excluding hydrogens is 480 g/mol. The van der Waals surface area contributed by atoms with E-state index in [1.165, 1.54) is 25.5 Å². The number of carbonyl (C=O) groups excluding carboxylic acids is 1. The highest BCUT2D eigenvalue weighted by Gasteiger charge is 2.13. The summed E-state index contributed by atoms with van der Waals surface area (Å²) < 4.78 is 11.6. The number of non-ortho nitro benzene ring substituents is 1. The Labute approximate surface area is 191 Å².